The van der Waals surface area contributed by atoms with Crippen molar-refractivity contribution in [2.45, 2.75) is 19.4 Å². The zero-order valence-electron chi connectivity index (χ0n) is 16.3. The topological polar surface area (TPSA) is 117 Å². The van der Waals surface area contributed by atoms with Crippen LogP contribution in [0.25, 0.3) is 0 Å². The van der Waals surface area contributed by atoms with Gasteiger partial charge in [0.2, 0.25) is 0 Å². The van der Waals surface area contributed by atoms with Gasteiger partial charge in [-0.1, -0.05) is 42.5 Å². The fourth-order valence-electron chi connectivity index (χ4n) is 2.69. The van der Waals surface area contributed by atoms with E-state index in [2.05, 4.69) is 27.8 Å². The van der Waals surface area contributed by atoms with Crippen molar-refractivity contribution in [3.8, 4) is 5.75 Å². The van der Waals surface area contributed by atoms with Crippen LogP contribution < -0.4 is 14.8 Å². The third kappa shape index (κ3) is 8.65. The van der Waals surface area contributed by atoms with Crippen LogP contribution in [0, 0.1) is 0 Å². The molecule has 0 amide bonds. The van der Waals surface area contributed by atoms with Crippen LogP contribution in [-0.2, 0) is 21.3 Å². The van der Waals surface area contributed by atoms with Gasteiger partial charge in [0.15, 0.2) is 5.96 Å². The Balaban J connectivity index is 0.000000687. The van der Waals surface area contributed by atoms with E-state index >= 15 is 0 Å². The van der Waals surface area contributed by atoms with Gasteiger partial charge in [-0.15, -0.1) is 0 Å². The monoisotopic (exact) mass is 419 g/mol. The molecule has 3 rings (SSSR count). The molecule has 1 unspecified atom stereocenters. The zero-order chi connectivity index (χ0) is 21.3. The van der Waals surface area contributed by atoms with Gasteiger partial charge in [-0.2, -0.15) is 8.42 Å². The molecule has 9 heteroatoms. The number of hydrogen-bond acceptors (Lipinski definition) is 7. The van der Waals surface area contributed by atoms with Crippen LogP contribution in [0.15, 0.2) is 59.6 Å². The number of nitrogens with zero attached hydrogens (tertiary/aromatic N) is 1. The molecule has 0 bridgehead atoms. The highest BCUT2D eigenvalue weighted by Crippen LogP contribution is 2.21. The molecule has 2 aromatic rings. The molecule has 156 valence electrons. The molecule has 1 aliphatic heterocycles. The van der Waals surface area contributed by atoms with Crippen molar-refractivity contribution < 1.29 is 22.5 Å². The molecule has 1 aliphatic rings. The van der Waals surface area contributed by atoms with Crippen LogP contribution in [0.3, 0.4) is 0 Å². The maximum Gasteiger partial charge on any atom is 0.306 e. The van der Waals surface area contributed by atoms with Crippen molar-refractivity contribution >= 4 is 22.0 Å². The molecule has 0 radical (unpaired) electrons. The molecule has 1 atom stereocenters. The summed E-state index contributed by atoms with van der Waals surface area (Å²) in [5.74, 6) is 0.295. The third-order valence-electron chi connectivity index (χ3n) is 3.80. The van der Waals surface area contributed by atoms with Gasteiger partial charge in [-0.3, -0.25) is 9.79 Å². The van der Waals surface area contributed by atoms with Crippen molar-refractivity contribution in [2.75, 3.05) is 19.3 Å². The van der Waals surface area contributed by atoms with Crippen LogP contribution in [0.4, 0.5) is 0 Å². The summed E-state index contributed by atoms with van der Waals surface area (Å²) in [7, 11) is -3.51. The van der Waals surface area contributed by atoms with Gasteiger partial charge in [0.05, 0.1) is 18.8 Å². The van der Waals surface area contributed by atoms with Gasteiger partial charge < -0.3 is 19.9 Å². The Morgan fingerprint density at radius 1 is 1.21 bits per heavy atom. The van der Waals surface area contributed by atoms with Crippen LogP contribution in [0.2, 0.25) is 0 Å². The number of carboxylic acid groups (broad SMARTS) is 1. The maximum atomic E-state index is 11.2. The predicted octanol–water partition coefficient (Wildman–Crippen LogP) is 1.95. The van der Waals surface area contributed by atoms with Crippen LogP contribution in [0.5, 0.6) is 5.75 Å². The van der Waals surface area contributed by atoms with Crippen molar-refractivity contribution in [1.29, 1.82) is 0 Å². The van der Waals surface area contributed by atoms with Gasteiger partial charge in [0.1, 0.15) is 5.75 Å². The van der Waals surface area contributed by atoms with Gasteiger partial charge >= 0.3 is 10.1 Å². The van der Waals surface area contributed by atoms with Gasteiger partial charge in [-0.25, -0.2) is 0 Å². The van der Waals surface area contributed by atoms with E-state index in [4.69, 9.17) is 14.1 Å². The molecular formula is C20H25N3O5S. The predicted molar refractivity (Wildman–Crippen MR) is 112 cm³/mol. The Morgan fingerprint density at radius 3 is 2.34 bits per heavy atom. The summed E-state index contributed by atoms with van der Waals surface area (Å²) in [6, 6.07) is 17.3. The number of aliphatic carboxylic acids is 1. The number of guanidine groups is 1. The number of benzene rings is 2. The molecule has 0 fully saturated rings. The highest BCUT2D eigenvalue weighted by molar-refractivity contribution is 7.86. The van der Waals surface area contributed by atoms with Crippen LogP contribution >= 0.6 is 0 Å². The number of carbonyl (C=O) groups is 1. The standard InChI is InChI=1S/C18H21N3O3S.C2H4O2/c1-25(22,23)24-16-9-7-14(8-10-16)13-17(15-5-3-2-4-6-15)21-18-19-11-12-20-18;1-2(3)4/h2-10,17H,11-13H2,1H3,(H2,19,20,21);1H3,(H,3,4). The molecule has 0 saturated carbocycles. The molecule has 0 spiro atoms. The average Bonchev–Trinajstić information content (AvgIpc) is 3.15. The quantitative estimate of drug-likeness (QED) is 0.613. The van der Waals surface area contributed by atoms with E-state index < -0.39 is 16.1 Å². The Hall–Kier alpha value is -3.07. The normalized spacial score (nSPS) is 13.9. The Bertz CT molecular complexity index is 924. The van der Waals surface area contributed by atoms with Gasteiger partial charge in [-0.05, 0) is 29.7 Å². The second-order valence-corrected chi connectivity index (χ2v) is 7.99. The van der Waals surface area contributed by atoms with Gasteiger partial charge in [0, 0.05) is 13.5 Å². The first-order valence-corrected chi connectivity index (χ1v) is 10.8. The summed E-state index contributed by atoms with van der Waals surface area (Å²) >= 11 is 0. The fourth-order valence-corrected chi connectivity index (χ4v) is 3.15. The molecule has 3 N–H and O–H groups in total. The Morgan fingerprint density at radius 2 is 1.83 bits per heavy atom. The fraction of sp³-hybridized carbons (Fsp3) is 0.300. The SMILES string of the molecule is CC(=O)O.CS(=O)(=O)Oc1ccc(CC(NC2=NCCN2)c2ccccc2)cc1. The van der Waals surface area contributed by atoms with E-state index in [0.717, 1.165) is 49.8 Å². The van der Waals surface area contributed by atoms with E-state index in [0.29, 0.717) is 5.75 Å². The van der Waals surface area contributed by atoms with Crippen molar-refractivity contribution in [3.05, 3.63) is 65.7 Å². The summed E-state index contributed by atoms with van der Waals surface area (Å²) < 4.78 is 27.3. The number of nitrogens with one attached hydrogen (secondary N) is 2. The van der Waals surface area contributed by atoms with Crippen LogP contribution in [0.1, 0.15) is 24.1 Å². The van der Waals surface area contributed by atoms with Crippen LogP contribution in [-0.4, -0.2) is 44.8 Å². The minimum atomic E-state index is -3.51. The molecule has 29 heavy (non-hydrogen) atoms. The van der Waals surface area contributed by atoms with Crippen molar-refractivity contribution in [2.24, 2.45) is 4.99 Å². The summed E-state index contributed by atoms with van der Waals surface area (Å²) in [5, 5.41) is 14.1. The largest absolute Gasteiger partial charge is 0.481 e. The summed E-state index contributed by atoms with van der Waals surface area (Å²) in [6.45, 7) is 2.71. The number of aliphatic imine (C=N–C) groups is 1. The molecule has 8 nitrogen and oxygen atoms in total. The molecule has 0 aromatic heterocycles. The average molecular weight is 420 g/mol. The van der Waals surface area contributed by atoms with Crippen molar-refractivity contribution in [3.63, 3.8) is 0 Å². The van der Waals surface area contributed by atoms with E-state index in [9.17, 15) is 8.42 Å². The van der Waals surface area contributed by atoms with Gasteiger partial charge in [0.25, 0.3) is 5.97 Å². The number of hydrogen-bond donors (Lipinski definition) is 3. The molecule has 0 saturated heterocycles. The number of rotatable bonds is 6. The van der Waals surface area contributed by atoms with E-state index in [-0.39, 0.29) is 6.04 Å². The highest BCUT2D eigenvalue weighted by Gasteiger charge is 2.16. The second kappa shape index (κ2) is 10.5. The van der Waals surface area contributed by atoms with Crippen molar-refractivity contribution in [1.82, 2.24) is 10.6 Å². The molecule has 1 heterocycles. The first-order chi connectivity index (χ1) is 13.7. The van der Waals surface area contributed by atoms with E-state index in [1.54, 1.807) is 12.1 Å². The lowest BCUT2D eigenvalue weighted by Gasteiger charge is -2.20. The Labute approximate surface area is 170 Å². The first kappa shape index (κ1) is 22.2. The molecule has 0 aliphatic carbocycles. The Kier molecular flexibility index (Phi) is 8.02. The molecule has 2 aromatic carbocycles. The zero-order valence-corrected chi connectivity index (χ0v) is 17.1. The summed E-state index contributed by atoms with van der Waals surface area (Å²) in [6.07, 6.45) is 1.77. The van der Waals surface area contributed by atoms with E-state index in [1.807, 2.05) is 30.3 Å². The number of carboxylic acids is 1. The lowest BCUT2D eigenvalue weighted by atomic mass is 9.99. The van der Waals surface area contributed by atoms with E-state index in [1.165, 1.54) is 0 Å². The smallest absolute Gasteiger partial charge is 0.306 e. The maximum absolute atomic E-state index is 11.2. The lowest BCUT2D eigenvalue weighted by molar-refractivity contribution is -0.134. The second-order valence-electron chi connectivity index (χ2n) is 6.42. The molecular weight excluding hydrogens is 394 g/mol. The summed E-state index contributed by atoms with van der Waals surface area (Å²) in [5.41, 5.74) is 2.23. The summed E-state index contributed by atoms with van der Waals surface area (Å²) in [4.78, 5) is 13.4. The third-order valence-corrected chi connectivity index (χ3v) is 4.29. The highest BCUT2D eigenvalue weighted by atomic mass is 32.2. The minimum absolute atomic E-state index is 0.0622. The lowest BCUT2D eigenvalue weighted by Crippen LogP contribution is -2.37. The minimum Gasteiger partial charge on any atom is -0.481 e. The first-order valence-electron chi connectivity index (χ1n) is 9.00.